The molecule has 3 heterocycles. The molecular weight excluding hydrogens is 440 g/mol. The fourth-order valence-electron chi connectivity index (χ4n) is 4.31. The van der Waals surface area contributed by atoms with Gasteiger partial charge in [0.15, 0.2) is 0 Å². The third-order valence-corrected chi connectivity index (χ3v) is 7.38. The van der Waals surface area contributed by atoms with Crippen LogP contribution in [0.3, 0.4) is 0 Å². The largest absolute Gasteiger partial charge is 0.357 e. The van der Waals surface area contributed by atoms with Gasteiger partial charge in [-0.2, -0.15) is 5.26 Å². The van der Waals surface area contributed by atoms with Gasteiger partial charge in [0.1, 0.15) is 21.8 Å². The molecule has 0 aliphatic carbocycles. The van der Waals surface area contributed by atoms with Crippen LogP contribution in [0.1, 0.15) is 56.2 Å². The summed E-state index contributed by atoms with van der Waals surface area (Å²) in [6.45, 7) is 12.4. The van der Waals surface area contributed by atoms with Gasteiger partial charge in [-0.15, -0.1) is 6.58 Å². The van der Waals surface area contributed by atoms with Crippen LogP contribution in [0.5, 0.6) is 0 Å². The molecule has 1 amide bonds. The average Bonchev–Trinajstić information content (AvgIpc) is 3.02. The summed E-state index contributed by atoms with van der Waals surface area (Å²) in [6.07, 6.45) is 7.45. The molecule has 0 radical (unpaired) electrons. The van der Waals surface area contributed by atoms with Crippen molar-refractivity contribution >= 4 is 46.1 Å². The van der Waals surface area contributed by atoms with Gasteiger partial charge >= 0.3 is 0 Å². The van der Waals surface area contributed by atoms with Crippen LogP contribution in [0.15, 0.2) is 22.4 Å². The van der Waals surface area contributed by atoms with E-state index in [-0.39, 0.29) is 17.0 Å². The molecule has 1 atom stereocenters. The first-order valence-electron chi connectivity index (χ1n) is 11.1. The Balaban J connectivity index is 2.25. The van der Waals surface area contributed by atoms with Gasteiger partial charge in [0.25, 0.3) is 11.5 Å². The van der Waals surface area contributed by atoms with Crippen molar-refractivity contribution in [1.82, 2.24) is 9.47 Å². The van der Waals surface area contributed by atoms with Crippen LogP contribution >= 0.6 is 24.0 Å². The maximum atomic E-state index is 13.3. The first-order chi connectivity index (χ1) is 15.3. The fourth-order valence-corrected chi connectivity index (χ4v) is 5.56. The van der Waals surface area contributed by atoms with Crippen molar-refractivity contribution in [3.8, 4) is 6.07 Å². The van der Waals surface area contributed by atoms with E-state index in [1.807, 2.05) is 6.08 Å². The highest BCUT2D eigenvalue weighted by Crippen LogP contribution is 2.36. The first kappa shape index (κ1) is 24.3. The molecule has 0 spiro atoms. The monoisotopic (exact) mass is 470 g/mol. The van der Waals surface area contributed by atoms with E-state index in [9.17, 15) is 14.9 Å². The SMILES string of the molecule is C=CCN1C(=O)/C(=C/c2c(C)c(C#N)c(=O)n(CCCC)c2N2CCCC(C)C2)SC1=S. The number of thioether (sulfide) groups is 1. The van der Waals surface area contributed by atoms with Crippen LogP contribution in [0.2, 0.25) is 0 Å². The standard InChI is InChI=1S/C24H30N4O2S2/c1-5-7-12-27-21(26-11-8-9-16(3)15-26)18(17(4)19(14-25)22(27)29)13-20-23(30)28(10-6-2)24(31)32-20/h6,13,16H,2,5,7-12,15H2,1,3-4H3/b20-13-. The zero-order chi connectivity index (χ0) is 23.4. The number of hydrogen-bond donors (Lipinski definition) is 0. The summed E-state index contributed by atoms with van der Waals surface area (Å²) in [5, 5.41) is 9.77. The van der Waals surface area contributed by atoms with E-state index in [1.54, 1.807) is 17.6 Å². The zero-order valence-corrected chi connectivity index (χ0v) is 20.7. The Kier molecular flexibility index (Phi) is 7.96. The molecule has 2 fully saturated rings. The van der Waals surface area contributed by atoms with Crippen molar-refractivity contribution < 1.29 is 4.79 Å². The van der Waals surface area contributed by atoms with Gasteiger partial charge in [0.2, 0.25) is 0 Å². The molecule has 1 aromatic heterocycles. The molecule has 170 valence electrons. The Labute approximate surface area is 199 Å². The number of anilines is 1. The highest BCUT2D eigenvalue weighted by atomic mass is 32.2. The number of nitrogens with zero attached hydrogens (tertiary/aromatic N) is 4. The number of carbonyl (C=O) groups is 1. The quantitative estimate of drug-likeness (QED) is 0.333. The first-order valence-corrected chi connectivity index (χ1v) is 12.3. The number of thiocarbonyl (C=S) groups is 1. The Morgan fingerprint density at radius 3 is 2.75 bits per heavy atom. The van der Waals surface area contributed by atoms with Crippen LogP contribution < -0.4 is 10.5 Å². The van der Waals surface area contributed by atoms with Crippen LogP contribution in [0, 0.1) is 24.2 Å². The summed E-state index contributed by atoms with van der Waals surface area (Å²) < 4.78 is 2.25. The number of amides is 1. The second-order valence-corrected chi connectivity index (χ2v) is 10.1. The summed E-state index contributed by atoms with van der Waals surface area (Å²) in [5.74, 6) is 1.16. The van der Waals surface area contributed by atoms with Gasteiger partial charge in [-0.3, -0.25) is 19.1 Å². The number of unbranched alkanes of at least 4 members (excludes halogenated alkanes) is 1. The number of aromatic nitrogens is 1. The minimum atomic E-state index is -0.247. The molecule has 2 aliphatic heterocycles. The minimum Gasteiger partial charge on any atom is -0.357 e. The normalized spacial score (nSPS) is 20.2. The topological polar surface area (TPSA) is 69.3 Å². The van der Waals surface area contributed by atoms with Crippen molar-refractivity contribution in [2.24, 2.45) is 5.92 Å². The molecule has 2 saturated heterocycles. The summed E-state index contributed by atoms with van der Waals surface area (Å²) in [7, 11) is 0. The van der Waals surface area contributed by atoms with E-state index < -0.39 is 0 Å². The molecule has 1 aromatic rings. The number of piperidine rings is 1. The maximum absolute atomic E-state index is 13.3. The zero-order valence-electron chi connectivity index (χ0n) is 19.0. The number of hydrogen-bond acceptors (Lipinski definition) is 6. The molecule has 6 nitrogen and oxygen atoms in total. The van der Waals surface area contributed by atoms with Crippen molar-refractivity contribution in [3.05, 3.63) is 44.6 Å². The summed E-state index contributed by atoms with van der Waals surface area (Å²) in [4.78, 5) is 30.6. The number of carbonyl (C=O) groups excluding carboxylic acids is 1. The van der Waals surface area contributed by atoms with Crippen molar-refractivity contribution in [2.45, 2.75) is 53.0 Å². The lowest BCUT2D eigenvalue weighted by molar-refractivity contribution is -0.121. The maximum Gasteiger partial charge on any atom is 0.270 e. The van der Waals surface area contributed by atoms with Gasteiger partial charge < -0.3 is 4.90 Å². The molecular formula is C24H30N4O2S2. The number of pyridine rings is 1. The van der Waals surface area contributed by atoms with E-state index >= 15 is 0 Å². The van der Waals surface area contributed by atoms with Crippen molar-refractivity contribution in [2.75, 3.05) is 24.5 Å². The molecule has 8 heteroatoms. The molecule has 2 aliphatic rings. The van der Waals surface area contributed by atoms with Crippen molar-refractivity contribution in [3.63, 3.8) is 0 Å². The molecule has 0 aromatic carbocycles. The Bertz CT molecular complexity index is 1070. The van der Waals surface area contributed by atoms with Gasteiger partial charge in [-0.05, 0) is 43.7 Å². The summed E-state index contributed by atoms with van der Waals surface area (Å²) in [6, 6.07) is 2.11. The third kappa shape index (κ3) is 4.69. The molecule has 0 N–H and O–H groups in total. The van der Waals surface area contributed by atoms with E-state index in [1.165, 1.54) is 16.7 Å². The lowest BCUT2D eigenvalue weighted by Crippen LogP contribution is -2.40. The van der Waals surface area contributed by atoms with E-state index in [4.69, 9.17) is 12.2 Å². The molecule has 0 bridgehead atoms. The predicted molar refractivity (Wildman–Crippen MR) is 136 cm³/mol. The fraction of sp³-hybridized carbons (Fsp3) is 0.500. The molecule has 32 heavy (non-hydrogen) atoms. The van der Waals surface area contributed by atoms with E-state index in [0.717, 1.165) is 50.2 Å². The number of rotatable bonds is 7. The Morgan fingerprint density at radius 1 is 1.38 bits per heavy atom. The Hall–Kier alpha value is -2.37. The van der Waals surface area contributed by atoms with Crippen LogP contribution in [-0.4, -0.2) is 39.3 Å². The van der Waals surface area contributed by atoms with E-state index in [0.29, 0.717) is 33.8 Å². The minimum absolute atomic E-state index is 0.141. The van der Waals surface area contributed by atoms with Gasteiger partial charge in [-0.1, -0.05) is 50.3 Å². The second-order valence-electron chi connectivity index (χ2n) is 8.43. The van der Waals surface area contributed by atoms with Gasteiger partial charge in [-0.25, -0.2) is 0 Å². The van der Waals surface area contributed by atoms with E-state index in [2.05, 4.69) is 31.4 Å². The lowest BCUT2D eigenvalue weighted by Gasteiger charge is -2.36. The average molecular weight is 471 g/mol. The molecule has 0 saturated carbocycles. The van der Waals surface area contributed by atoms with Gasteiger partial charge in [0, 0.05) is 31.7 Å². The van der Waals surface area contributed by atoms with Crippen LogP contribution in [-0.2, 0) is 11.3 Å². The predicted octanol–water partition coefficient (Wildman–Crippen LogP) is 4.45. The Morgan fingerprint density at radius 2 is 2.12 bits per heavy atom. The summed E-state index contributed by atoms with van der Waals surface area (Å²) >= 11 is 6.65. The van der Waals surface area contributed by atoms with Crippen molar-refractivity contribution in [1.29, 1.82) is 5.26 Å². The van der Waals surface area contributed by atoms with Crippen LogP contribution in [0.4, 0.5) is 5.82 Å². The smallest absolute Gasteiger partial charge is 0.270 e. The third-order valence-electron chi connectivity index (χ3n) is 6.00. The number of nitriles is 1. The summed E-state index contributed by atoms with van der Waals surface area (Å²) in [5.41, 5.74) is 1.28. The highest BCUT2D eigenvalue weighted by Gasteiger charge is 2.33. The van der Waals surface area contributed by atoms with Gasteiger partial charge in [0.05, 0.1) is 4.91 Å². The van der Waals surface area contributed by atoms with Crippen LogP contribution in [0.25, 0.3) is 6.08 Å². The molecule has 1 unspecified atom stereocenters. The lowest BCUT2D eigenvalue weighted by atomic mass is 9.98. The highest BCUT2D eigenvalue weighted by molar-refractivity contribution is 8.26. The second kappa shape index (κ2) is 10.5. The molecule has 3 rings (SSSR count).